The van der Waals surface area contributed by atoms with Gasteiger partial charge in [0, 0.05) is 49.1 Å². The summed E-state index contributed by atoms with van der Waals surface area (Å²) in [5, 5.41) is 2.82. The number of rotatable bonds is 5. The molecule has 0 aliphatic carbocycles. The number of furan rings is 1. The molecule has 0 bridgehead atoms. The Morgan fingerprint density at radius 3 is 1.81 bits per heavy atom. The molecule has 12 aromatic rings. The minimum atomic E-state index is -0.750. The van der Waals surface area contributed by atoms with Crippen molar-refractivity contribution >= 4 is 65.6 Å². The van der Waals surface area contributed by atoms with Gasteiger partial charge in [-0.2, -0.15) is 9.97 Å². The molecule has 57 heavy (non-hydrogen) atoms. The first kappa shape index (κ1) is 19.7. The van der Waals surface area contributed by atoms with Crippen LogP contribution in [0.5, 0.6) is 0 Å². The molecule has 0 radical (unpaired) electrons. The van der Waals surface area contributed by atoms with E-state index in [1.54, 1.807) is 4.57 Å². The quantitative estimate of drug-likeness (QED) is 0.176. The molecule has 4 aromatic heterocycles. The number of nitrogens with zero attached hydrogens (tertiary/aromatic N) is 5. The fraction of sp³-hybridized carbons (Fsp3) is 0. The minimum Gasteiger partial charge on any atom is -0.456 e. The van der Waals surface area contributed by atoms with Gasteiger partial charge in [-0.25, -0.2) is 4.98 Å². The third kappa shape index (κ3) is 4.87. The zero-order valence-corrected chi connectivity index (χ0v) is 29.3. The van der Waals surface area contributed by atoms with Crippen LogP contribution in [0.1, 0.15) is 21.9 Å². The zero-order valence-electron chi connectivity index (χ0n) is 45.3. The van der Waals surface area contributed by atoms with Crippen molar-refractivity contribution in [1.82, 2.24) is 24.1 Å². The molecule has 12 rings (SSSR count). The van der Waals surface area contributed by atoms with Crippen molar-refractivity contribution in [3.63, 3.8) is 0 Å². The van der Waals surface area contributed by atoms with Gasteiger partial charge in [0.05, 0.1) is 44.0 Å². The van der Waals surface area contributed by atoms with E-state index in [9.17, 15) is 4.11 Å². The summed E-state index contributed by atoms with van der Waals surface area (Å²) in [7, 11) is 0. The highest BCUT2D eigenvalue weighted by Crippen LogP contribution is 2.41. The van der Waals surface area contributed by atoms with Crippen molar-refractivity contribution in [3.05, 3.63) is 188 Å². The molecule has 0 saturated heterocycles. The fourth-order valence-corrected chi connectivity index (χ4v) is 7.67. The molecule has 0 unspecified atom stereocenters. The van der Waals surface area contributed by atoms with E-state index in [0.29, 0.717) is 11.0 Å². The molecule has 0 N–H and O–H groups in total. The maximum Gasteiger partial charge on any atom is 0.238 e. The molecular formula is C51H31N5O. The monoisotopic (exact) mass is 745 g/mol. The van der Waals surface area contributed by atoms with Gasteiger partial charge in [0.1, 0.15) is 11.2 Å². The average molecular weight is 746 g/mol. The number of aromatic nitrogens is 5. The van der Waals surface area contributed by atoms with Crippen molar-refractivity contribution in [1.29, 1.82) is 0 Å². The van der Waals surface area contributed by atoms with E-state index in [2.05, 4.69) is 15.6 Å². The first-order valence-electron chi connectivity index (χ1n) is 25.8. The lowest BCUT2D eigenvalue weighted by Gasteiger charge is -2.11. The highest BCUT2D eigenvalue weighted by Gasteiger charge is 2.22. The molecule has 6 heteroatoms. The van der Waals surface area contributed by atoms with Crippen LogP contribution in [0.3, 0.4) is 0 Å². The highest BCUT2D eigenvalue weighted by molar-refractivity contribution is 6.19. The minimum absolute atomic E-state index is 0.163. The molecule has 6 nitrogen and oxygen atoms in total. The van der Waals surface area contributed by atoms with E-state index in [-0.39, 0.29) is 16.7 Å². The van der Waals surface area contributed by atoms with Gasteiger partial charge in [0.25, 0.3) is 0 Å². The van der Waals surface area contributed by atoms with Gasteiger partial charge in [0.15, 0.2) is 11.6 Å². The molecule has 0 amide bonds. The van der Waals surface area contributed by atoms with Crippen LogP contribution in [-0.2, 0) is 0 Å². The Balaban J connectivity index is 1.21. The van der Waals surface area contributed by atoms with Crippen LogP contribution in [0.4, 0.5) is 0 Å². The summed E-state index contributed by atoms with van der Waals surface area (Å²) < 4.78 is 151. The topological polar surface area (TPSA) is 61.7 Å². The van der Waals surface area contributed by atoms with Gasteiger partial charge in [0.2, 0.25) is 5.95 Å². The summed E-state index contributed by atoms with van der Waals surface area (Å²) in [6, 6.07) is 18.1. The molecule has 0 spiro atoms. The number of fused-ring (bicyclic) bond motifs is 9. The summed E-state index contributed by atoms with van der Waals surface area (Å²) in [4.78, 5) is 14.3. The van der Waals surface area contributed by atoms with Crippen LogP contribution >= 0.6 is 0 Å². The van der Waals surface area contributed by atoms with E-state index in [0.717, 1.165) is 38.3 Å². The first-order valence-corrected chi connectivity index (χ1v) is 17.8. The van der Waals surface area contributed by atoms with Crippen molar-refractivity contribution in [2.75, 3.05) is 0 Å². The molecule has 0 aliphatic rings. The van der Waals surface area contributed by atoms with Crippen LogP contribution in [0.2, 0.25) is 0 Å². The largest absolute Gasteiger partial charge is 0.456 e. The van der Waals surface area contributed by atoms with E-state index >= 15 is 0 Å². The van der Waals surface area contributed by atoms with E-state index in [4.69, 9.17) is 32.2 Å². The van der Waals surface area contributed by atoms with Crippen molar-refractivity contribution in [3.8, 4) is 45.5 Å². The van der Waals surface area contributed by atoms with Gasteiger partial charge in [-0.15, -0.1) is 0 Å². The summed E-state index contributed by atoms with van der Waals surface area (Å²) >= 11 is 0. The molecule has 0 fully saturated rings. The molecule has 266 valence electrons. The maximum absolute atomic E-state index is 9.71. The second kappa shape index (κ2) is 12.3. The SMILES string of the molecule is [2H]c1c([2H])c([2H])c(-c2nc(-c3c([2H])c([2H])c4c(oc5c([2H])c([2H])c([2H])c(-c6c([2H])c([2H])c([2H])c([2H])c6[2H])c54)c3[2H])nc(-n3c4ccccc4c4cc5c6ccccc6n(-c6ccccc6)c5cc43)n2)c([2H])c1[2H]. The lowest BCUT2D eigenvalue weighted by atomic mass is 9.99. The number of benzene rings is 8. The van der Waals surface area contributed by atoms with Crippen LogP contribution in [0.15, 0.2) is 192 Å². The second-order valence-electron chi connectivity index (χ2n) is 13.2. The number of para-hydroxylation sites is 3. The fourth-order valence-electron chi connectivity index (χ4n) is 7.67. The van der Waals surface area contributed by atoms with Crippen LogP contribution in [0, 0.1) is 0 Å². The summed E-state index contributed by atoms with van der Waals surface area (Å²) in [5.74, 6) is -1.06. The predicted molar refractivity (Wildman–Crippen MR) is 232 cm³/mol. The predicted octanol–water partition coefficient (Wildman–Crippen LogP) is 13.0. The van der Waals surface area contributed by atoms with Crippen molar-refractivity contribution in [2.45, 2.75) is 0 Å². The van der Waals surface area contributed by atoms with Crippen molar-refractivity contribution in [2.24, 2.45) is 0 Å². The lowest BCUT2D eigenvalue weighted by molar-refractivity contribution is 0.669. The van der Waals surface area contributed by atoms with Crippen molar-refractivity contribution < 1.29 is 26.3 Å². The third-order valence-electron chi connectivity index (χ3n) is 10.1. The zero-order chi connectivity index (χ0) is 51.4. The smallest absolute Gasteiger partial charge is 0.238 e. The van der Waals surface area contributed by atoms with E-state index in [1.807, 2.05) is 84.9 Å². The van der Waals surface area contributed by atoms with Gasteiger partial charge < -0.3 is 8.98 Å². The lowest BCUT2D eigenvalue weighted by Crippen LogP contribution is -2.06. The van der Waals surface area contributed by atoms with Gasteiger partial charge >= 0.3 is 0 Å². The molecule has 0 aliphatic heterocycles. The van der Waals surface area contributed by atoms with E-state index < -0.39 is 142 Å². The summed E-state index contributed by atoms with van der Waals surface area (Å²) in [6.07, 6.45) is 0. The maximum atomic E-state index is 9.71. The normalized spacial score (nSPS) is 15.8. The summed E-state index contributed by atoms with van der Waals surface area (Å²) in [5.41, 5.74) is 1.03. The Labute approximate surface area is 349 Å². The van der Waals surface area contributed by atoms with Gasteiger partial charge in [-0.1, -0.05) is 133 Å². The Bertz CT molecular complexity index is 4420. The van der Waals surface area contributed by atoms with Gasteiger partial charge in [-0.05, 0) is 65.7 Å². The van der Waals surface area contributed by atoms with Gasteiger partial charge in [-0.3, -0.25) is 4.57 Å². The molecule has 8 aromatic carbocycles. The number of hydrogen-bond donors (Lipinski definition) is 0. The Kier molecular flexibility index (Phi) is 4.26. The molecular weight excluding hydrogens is 699 g/mol. The second-order valence-corrected chi connectivity index (χ2v) is 13.2. The first-order chi connectivity index (χ1) is 34.9. The Hall–Kier alpha value is -7.83. The number of hydrogen-bond acceptors (Lipinski definition) is 4. The standard InChI is InChI=1S/C51H31N5O/c1-4-15-32(16-5-1)36-23-14-26-46-48(36)39-28-27-34(29-47(39)57-46)50-52-49(33-17-6-2-7-18-33)53-51(54-50)56-43-25-13-11-22-38(43)41-30-40-37-21-10-12-24-42(37)55(44(40)31-45(41)56)35-19-8-3-9-20-35/h1-31H/i1D,2D,4D,5D,6D,7D,14D,15D,16D,17D,18D,23D,26D,27D,28D,29D. The van der Waals surface area contributed by atoms with Crippen LogP contribution in [0.25, 0.3) is 111 Å². The Morgan fingerprint density at radius 2 is 1.07 bits per heavy atom. The van der Waals surface area contributed by atoms with E-state index in [1.165, 1.54) is 0 Å². The summed E-state index contributed by atoms with van der Waals surface area (Å²) in [6.45, 7) is 0. The van der Waals surface area contributed by atoms with Crippen LogP contribution < -0.4 is 0 Å². The molecule has 0 saturated carbocycles. The third-order valence-corrected chi connectivity index (χ3v) is 10.1. The molecule has 4 heterocycles. The van der Waals surface area contributed by atoms with Crippen LogP contribution in [-0.4, -0.2) is 24.1 Å². The Morgan fingerprint density at radius 1 is 0.439 bits per heavy atom. The highest BCUT2D eigenvalue weighted by atomic mass is 16.3. The molecule has 0 atom stereocenters. The average Bonchev–Trinajstić information content (AvgIpc) is 4.06.